The van der Waals surface area contributed by atoms with Crippen LogP contribution in [0.3, 0.4) is 0 Å². The molecule has 1 amide bonds. The van der Waals surface area contributed by atoms with Crippen LogP contribution in [0.1, 0.15) is 24.2 Å². The Hall–Kier alpha value is -3.69. The number of methoxy groups -OCH3 is 1. The number of carbonyl (C=O) groups excluding carboxylic acids is 2. The van der Waals surface area contributed by atoms with Crippen LogP contribution in [0.4, 0.5) is 15.8 Å². The molecule has 0 radical (unpaired) electrons. The minimum absolute atomic E-state index is 0.0927. The van der Waals surface area contributed by atoms with E-state index in [0.29, 0.717) is 0 Å². The molecule has 0 heterocycles. The molecule has 0 aliphatic heterocycles. The lowest BCUT2D eigenvalue weighted by Crippen LogP contribution is -2.30. The Kier molecular flexibility index (Phi) is 7.07. The van der Waals surface area contributed by atoms with E-state index in [0.717, 1.165) is 18.2 Å². The maximum atomic E-state index is 13.2. The monoisotopic (exact) mass is 406 g/mol. The van der Waals surface area contributed by atoms with Crippen molar-refractivity contribution in [3.05, 3.63) is 57.9 Å². The fourth-order valence-electron chi connectivity index (χ4n) is 2.38. The number of ether oxygens (including phenoxy) is 3. The van der Waals surface area contributed by atoms with Gasteiger partial charge in [0.05, 0.1) is 24.7 Å². The molecular formula is C19H19FN2O7. The molecule has 154 valence electrons. The minimum Gasteiger partial charge on any atom is -0.493 e. The number of nitro benzene ring substituents is 1. The van der Waals surface area contributed by atoms with E-state index in [2.05, 4.69) is 5.32 Å². The number of nitro groups is 1. The Bertz CT molecular complexity index is 933. The average Bonchev–Trinajstić information content (AvgIpc) is 2.67. The van der Waals surface area contributed by atoms with Gasteiger partial charge in [-0.25, -0.2) is 9.18 Å². The Morgan fingerprint density at radius 1 is 1.24 bits per heavy atom. The van der Waals surface area contributed by atoms with Gasteiger partial charge in [0.2, 0.25) is 0 Å². The van der Waals surface area contributed by atoms with Crippen LogP contribution in [0.25, 0.3) is 0 Å². The van der Waals surface area contributed by atoms with Crippen molar-refractivity contribution in [2.45, 2.75) is 20.0 Å². The van der Waals surface area contributed by atoms with Crippen molar-refractivity contribution in [3.63, 3.8) is 0 Å². The summed E-state index contributed by atoms with van der Waals surface area (Å²) in [7, 11) is 1.31. The maximum Gasteiger partial charge on any atom is 0.346 e. The molecule has 1 atom stereocenters. The zero-order chi connectivity index (χ0) is 21.6. The number of nitrogens with zero attached hydrogens (tertiary/aromatic N) is 1. The van der Waals surface area contributed by atoms with E-state index in [-0.39, 0.29) is 23.8 Å². The summed E-state index contributed by atoms with van der Waals surface area (Å²) in [6.45, 7) is 3.20. The number of nitrogens with one attached hydrogen (secondary N) is 1. The van der Waals surface area contributed by atoms with Gasteiger partial charge >= 0.3 is 5.97 Å². The molecule has 0 unspecified atom stereocenters. The Morgan fingerprint density at radius 3 is 2.55 bits per heavy atom. The molecule has 29 heavy (non-hydrogen) atoms. The zero-order valence-corrected chi connectivity index (χ0v) is 15.9. The second-order valence-electron chi connectivity index (χ2n) is 5.76. The average molecular weight is 406 g/mol. The molecule has 0 aromatic heterocycles. The number of halogens is 1. The molecular weight excluding hydrogens is 387 g/mol. The number of hydrogen-bond donors (Lipinski definition) is 1. The molecule has 2 aromatic carbocycles. The van der Waals surface area contributed by atoms with Crippen LogP contribution < -0.4 is 14.8 Å². The maximum absolute atomic E-state index is 13.2. The summed E-state index contributed by atoms with van der Waals surface area (Å²) in [5.41, 5.74) is -0.788. The van der Waals surface area contributed by atoms with Crippen LogP contribution >= 0.6 is 0 Å². The number of rotatable bonds is 8. The summed E-state index contributed by atoms with van der Waals surface area (Å²) in [5, 5.41) is 13.8. The topological polar surface area (TPSA) is 117 Å². The third kappa shape index (κ3) is 5.41. The third-order valence-electron chi connectivity index (χ3n) is 3.74. The molecule has 0 fully saturated rings. The largest absolute Gasteiger partial charge is 0.493 e. The van der Waals surface area contributed by atoms with Gasteiger partial charge in [0, 0.05) is 11.8 Å². The molecule has 10 heteroatoms. The Balaban J connectivity index is 2.22. The fraction of sp³-hybridized carbons (Fsp3) is 0.263. The highest BCUT2D eigenvalue weighted by Crippen LogP contribution is 2.35. The van der Waals surface area contributed by atoms with Crippen LogP contribution in [0.5, 0.6) is 11.5 Å². The summed E-state index contributed by atoms with van der Waals surface area (Å²) >= 11 is 0. The van der Waals surface area contributed by atoms with Crippen LogP contribution in [0, 0.1) is 15.9 Å². The van der Waals surface area contributed by atoms with Crippen molar-refractivity contribution in [2.75, 3.05) is 19.0 Å². The second kappa shape index (κ2) is 9.49. The predicted octanol–water partition coefficient (Wildman–Crippen LogP) is 3.33. The summed E-state index contributed by atoms with van der Waals surface area (Å²) in [6.07, 6.45) is -1.30. The van der Waals surface area contributed by atoms with E-state index in [1.54, 1.807) is 6.92 Å². The Morgan fingerprint density at radius 2 is 1.97 bits per heavy atom. The molecule has 2 rings (SSSR count). The van der Waals surface area contributed by atoms with Gasteiger partial charge in [-0.15, -0.1) is 0 Å². The Labute approximate surface area is 165 Å². The molecule has 0 aliphatic rings. The van der Waals surface area contributed by atoms with Gasteiger partial charge in [-0.3, -0.25) is 14.9 Å². The molecule has 0 saturated carbocycles. The van der Waals surface area contributed by atoms with Crippen LogP contribution in [0.2, 0.25) is 0 Å². The van der Waals surface area contributed by atoms with E-state index in [1.165, 1.54) is 32.2 Å². The lowest BCUT2D eigenvalue weighted by molar-refractivity contribution is -0.385. The van der Waals surface area contributed by atoms with E-state index >= 15 is 0 Å². The van der Waals surface area contributed by atoms with Crippen molar-refractivity contribution in [3.8, 4) is 11.5 Å². The molecule has 1 N–H and O–H groups in total. The standard InChI is InChI=1S/C19H19FN2O7/c1-4-28-17-10-15(22(25)26)14(9-16(17)27-3)19(24)29-11(2)18(23)21-13-7-5-6-12(20)8-13/h5-11H,4H2,1-3H3,(H,21,23)/t11-/m0/s1. The molecule has 0 bridgehead atoms. The van der Waals surface area contributed by atoms with Crippen LogP contribution in [0.15, 0.2) is 36.4 Å². The number of carbonyl (C=O) groups is 2. The van der Waals surface area contributed by atoms with E-state index in [9.17, 15) is 24.1 Å². The van der Waals surface area contributed by atoms with Crippen molar-refractivity contribution in [1.82, 2.24) is 0 Å². The lowest BCUT2D eigenvalue weighted by atomic mass is 10.1. The summed E-state index contributed by atoms with van der Waals surface area (Å²) in [5.74, 6) is -2.19. The second-order valence-corrected chi connectivity index (χ2v) is 5.76. The van der Waals surface area contributed by atoms with Crippen molar-refractivity contribution < 1.29 is 33.1 Å². The first-order valence-corrected chi connectivity index (χ1v) is 8.53. The minimum atomic E-state index is -1.30. The number of esters is 1. The quantitative estimate of drug-likeness (QED) is 0.406. The molecule has 2 aromatic rings. The van der Waals surface area contributed by atoms with Crippen LogP contribution in [-0.2, 0) is 9.53 Å². The fourth-order valence-corrected chi connectivity index (χ4v) is 2.38. The first-order valence-electron chi connectivity index (χ1n) is 8.53. The van der Waals surface area contributed by atoms with E-state index in [4.69, 9.17) is 14.2 Å². The van der Waals surface area contributed by atoms with Gasteiger partial charge in [0.25, 0.3) is 11.6 Å². The predicted molar refractivity (Wildman–Crippen MR) is 101 cm³/mol. The highest BCUT2D eigenvalue weighted by Gasteiger charge is 2.28. The van der Waals surface area contributed by atoms with Crippen molar-refractivity contribution in [1.29, 1.82) is 0 Å². The number of benzene rings is 2. The number of anilines is 1. The molecule has 0 spiro atoms. The van der Waals surface area contributed by atoms with Crippen molar-refractivity contribution in [2.24, 2.45) is 0 Å². The van der Waals surface area contributed by atoms with Gasteiger partial charge in [0.1, 0.15) is 11.4 Å². The van der Waals surface area contributed by atoms with Gasteiger partial charge in [-0.05, 0) is 32.0 Å². The van der Waals surface area contributed by atoms with Gasteiger partial charge in [-0.1, -0.05) is 6.07 Å². The molecule has 9 nitrogen and oxygen atoms in total. The van der Waals surface area contributed by atoms with E-state index < -0.39 is 40.0 Å². The first kappa shape index (κ1) is 21.6. The number of amides is 1. The van der Waals surface area contributed by atoms with Crippen LogP contribution in [-0.4, -0.2) is 36.6 Å². The van der Waals surface area contributed by atoms with Gasteiger partial charge < -0.3 is 19.5 Å². The first-order chi connectivity index (χ1) is 13.8. The number of hydrogen-bond acceptors (Lipinski definition) is 7. The zero-order valence-electron chi connectivity index (χ0n) is 15.9. The summed E-state index contributed by atoms with van der Waals surface area (Å²) < 4.78 is 28.6. The lowest BCUT2D eigenvalue weighted by Gasteiger charge is -2.15. The van der Waals surface area contributed by atoms with E-state index in [1.807, 2.05) is 0 Å². The summed E-state index contributed by atoms with van der Waals surface area (Å²) in [4.78, 5) is 35.2. The summed E-state index contributed by atoms with van der Waals surface area (Å²) in [6, 6.07) is 7.32. The van der Waals surface area contributed by atoms with Gasteiger partial charge in [0.15, 0.2) is 17.6 Å². The highest BCUT2D eigenvalue weighted by atomic mass is 19.1. The molecule has 0 aliphatic carbocycles. The SMILES string of the molecule is CCOc1cc([N+](=O)[O-])c(C(=O)O[C@@H](C)C(=O)Nc2cccc(F)c2)cc1OC. The normalized spacial score (nSPS) is 11.3. The third-order valence-corrected chi connectivity index (χ3v) is 3.74. The highest BCUT2D eigenvalue weighted by molar-refractivity contribution is 5.99. The van der Waals surface area contributed by atoms with Crippen molar-refractivity contribution >= 4 is 23.3 Å². The molecule has 0 saturated heterocycles. The van der Waals surface area contributed by atoms with Gasteiger partial charge in [-0.2, -0.15) is 0 Å². The smallest absolute Gasteiger partial charge is 0.346 e.